The summed E-state index contributed by atoms with van der Waals surface area (Å²) in [5.74, 6) is 2.98. The van der Waals surface area contributed by atoms with Gasteiger partial charge in [0.15, 0.2) is 0 Å². The first-order valence-corrected chi connectivity index (χ1v) is 7.36. The Morgan fingerprint density at radius 3 is 2.94 bits per heavy atom. The van der Waals surface area contributed by atoms with E-state index in [2.05, 4.69) is 28.5 Å². The smallest absolute Gasteiger partial charge is 0.140 e. The first kappa shape index (κ1) is 11.7. The Kier molecular flexibility index (Phi) is 4.04. The molecule has 1 aliphatic carbocycles. The molecule has 0 radical (unpaired) electrons. The van der Waals surface area contributed by atoms with Gasteiger partial charge in [-0.3, -0.25) is 0 Å². The summed E-state index contributed by atoms with van der Waals surface area (Å²) in [4.78, 5) is 9.27. The van der Waals surface area contributed by atoms with Crippen molar-refractivity contribution >= 4 is 17.6 Å². The van der Waals surface area contributed by atoms with Crippen LogP contribution in [0.4, 0.5) is 5.82 Å². The van der Waals surface area contributed by atoms with Crippen molar-refractivity contribution in [3.8, 4) is 0 Å². The number of aromatic nitrogens is 2. The molecule has 0 spiro atoms. The molecular weight excluding hydrogens is 218 g/mol. The Labute approximate surface area is 101 Å². The largest absolute Gasteiger partial charge is 0.370 e. The summed E-state index contributed by atoms with van der Waals surface area (Å²) in [7, 11) is 0. The van der Waals surface area contributed by atoms with Crippen LogP contribution in [0.3, 0.4) is 0 Å². The number of aryl methyl sites for hydroxylation is 1. The maximum Gasteiger partial charge on any atom is 0.140 e. The molecule has 1 N–H and O–H groups in total. The van der Waals surface area contributed by atoms with Crippen LogP contribution in [0.15, 0.2) is 0 Å². The molecule has 0 bridgehead atoms. The minimum absolute atomic E-state index is 0.911. The van der Waals surface area contributed by atoms with E-state index in [1.165, 1.54) is 17.7 Å². The van der Waals surface area contributed by atoms with Crippen LogP contribution >= 0.6 is 11.8 Å². The number of nitrogens with zero attached hydrogens (tertiary/aromatic N) is 2. The maximum absolute atomic E-state index is 4.64. The lowest BCUT2D eigenvalue weighted by Crippen LogP contribution is -2.09. The molecule has 0 saturated carbocycles. The molecule has 1 heterocycles. The lowest BCUT2D eigenvalue weighted by molar-refractivity contribution is 0.893. The monoisotopic (exact) mass is 237 g/mol. The number of nitrogens with one attached hydrogen (secondary N) is 1. The molecule has 0 unspecified atom stereocenters. The SMILES string of the molecule is CCCNc1nc(CSC)nc2c1CCC2. The molecule has 0 fully saturated rings. The summed E-state index contributed by atoms with van der Waals surface area (Å²) in [6.07, 6.45) is 6.72. The molecule has 1 aromatic heterocycles. The van der Waals surface area contributed by atoms with Gasteiger partial charge in [-0.2, -0.15) is 11.8 Å². The summed E-state index contributed by atoms with van der Waals surface area (Å²) >= 11 is 1.78. The highest BCUT2D eigenvalue weighted by Crippen LogP contribution is 2.26. The van der Waals surface area contributed by atoms with E-state index in [4.69, 9.17) is 0 Å². The second-order valence-corrected chi connectivity index (χ2v) is 4.99. The first-order chi connectivity index (χ1) is 7.85. The van der Waals surface area contributed by atoms with Gasteiger partial charge in [0.05, 0.1) is 5.75 Å². The van der Waals surface area contributed by atoms with E-state index in [0.717, 1.165) is 43.2 Å². The van der Waals surface area contributed by atoms with Gasteiger partial charge in [-0.15, -0.1) is 0 Å². The molecule has 0 saturated heterocycles. The van der Waals surface area contributed by atoms with E-state index in [1.807, 2.05) is 0 Å². The third-order valence-electron chi connectivity index (χ3n) is 2.80. The quantitative estimate of drug-likeness (QED) is 0.854. The van der Waals surface area contributed by atoms with Crippen LogP contribution in [-0.2, 0) is 18.6 Å². The van der Waals surface area contributed by atoms with Gasteiger partial charge in [0.25, 0.3) is 0 Å². The highest BCUT2D eigenvalue weighted by Gasteiger charge is 2.18. The van der Waals surface area contributed by atoms with E-state index < -0.39 is 0 Å². The predicted molar refractivity (Wildman–Crippen MR) is 70.1 cm³/mol. The average Bonchev–Trinajstić information content (AvgIpc) is 2.74. The molecule has 1 aromatic rings. The summed E-state index contributed by atoms with van der Waals surface area (Å²) in [5, 5.41) is 3.43. The highest BCUT2D eigenvalue weighted by molar-refractivity contribution is 7.97. The molecule has 2 rings (SSSR count). The van der Waals surface area contributed by atoms with Gasteiger partial charge in [0.1, 0.15) is 11.6 Å². The van der Waals surface area contributed by atoms with Gasteiger partial charge in [-0.1, -0.05) is 6.92 Å². The molecule has 88 valence electrons. The minimum Gasteiger partial charge on any atom is -0.370 e. The standard InChI is InChI=1S/C12H19N3S/c1-3-7-13-12-9-5-4-6-10(9)14-11(15-12)8-16-2/h3-8H2,1-2H3,(H,13,14,15). The Hall–Kier alpha value is -0.770. The zero-order valence-electron chi connectivity index (χ0n) is 10.0. The van der Waals surface area contributed by atoms with E-state index in [1.54, 1.807) is 11.8 Å². The van der Waals surface area contributed by atoms with Gasteiger partial charge in [0.2, 0.25) is 0 Å². The van der Waals surface area contributed by atoms with E-state index in [9.17, 15) is 0 Å². The minimum atomic E-state index is 0.911. The van der Waals surface area contributed by atoms with Gasteiger partial charge in [0, 0.05) is 17.8 Å². The Bertz CT molecular complexity index is 366. The molecule has 0 amide bonds. The van der Waals surface area contributed by atoms with Crippen LogP contribution < -0.4 is 5.32 Å². The topological polar surface area (TPSA) is 37.8 Å². The van der Waals surface area contributed by atoms with Crippen molar-refractivity contribution in [2.24, 2.45) is 0 Å². The summed E-state index contributed by atoms with van der Waals surface area (Å²) in [6.45, 7) is 3.18. The molecular formula is C12H19N3S. The molecule has 0 aliphatic heterocycles. The number of rotatable bonds is 5. The van der Waals surface area contributed by atoms with Crippen LogP contribution in [0.5, 0.6) is 0 Å². The molecule has 4 heteroatoms. The van der Waals surface area contributed by atoms with Gasteiger partial charge in [-0.25, -0.2) is 9.97 Å². The van der Waals surface area contributed by atoms with Gasteiger partial charge >= 0.3 is 0 Å². The normalized spacial score (nSPS) is 13.9. The highest BCUT2D eigenvalue weighted by atomic mass is 32.2. The van der Waals surface area contributed by atoms with Crippen molar-refractivity contribution in [2.45, 2.75) is 38.4 Å². The number of anilines is 1. The lowest BCUT2D eigenvalue weighted by atomic mass is 10.2. The van der Waals surface area contributed by atoms with E-state index in [-0.39, 0.29) is 0 Å². The van der Waals surface area contributed by atoms with Crippen molar-refractivity contribution in [2.75, 3.05) is 18.1 Å². The molecule has 0 atom stereocenters. The third kappa shape index (κ3) is 2.48. The lowest BCUT2D eigenvalue weighted by Gasteiger charge is -2.11. The van der Waals surface area contributed by atoms with Crippen LogP contribution in [0, 0.1) is 0 Å². The second-order valence-electron chi connectivity index (χ2n) is 4.13. The first-order valence-electron chi connectivity index (χ1n) is 5.96. The molecule has 1 aliphatic rings. The van der Waals surface area contributed by atoms with Crippen molar-refractivity contribution in [3.63, 3.8) is 0 Å². The van der Waals surface area contributed by atoms with Gasteiger partial charge in [-0.05, 0) is 31.9 Å². The van der Waals surface area contributed by atoms with Crippen LogP contribution in [0.2, 0.25) is 0 Å². The summed E-state index contributed by atoms with van der Waals surface area (Å²) in [6, 6.07) is 0. The number of hydrogen-bond acceptors (Lipinski definition) is 4. The second kappa shape index (κ2) is 5.53. The summed E-state index contributed by atoms with van der Waals surface area (Å²) in [5.41, 5.74) is 2.64. The van der Waals surface area contributed by atoms with Crippen LogP contribution in [-0.4, -0.2) is 22.8 Å². The van der Waals surface area contributed by atoms with Gasteiger partial charge < -0.3 is 5.32 Å². The number of hydrogen-bond donors (Lipinski definition) is 1. The fourth-order valence-electron chi connectivity index (χ4n) is 2.07. The summed E-state index contributed by atoms with van der Waals surface area (Å²) < 4.78 is 0. The van der Waals surface area contributed by atoms with Crippen molar-refractivity contribution < 1.29 is 0 Å². The Morgan fingerprint density at radius 1 is 1.31 bits per heavy atom. The predicted octanol–water partition coefficient (Wildman–Crippen LogP) is 2.65. The van der Waals surface area contributed by atoms with Crippen LogP contribution in [0.1, 0.15) is 36.8 Å². The number of fused-ring (bicyclic) bond motifs is 1. The van der Waals surface area contributed by atoms with E-state index >= 15 is 0 Å². The van der Waals surface area contributed by atoms with Crippen molar-refractivity contribution in [1.82, 2.24) is 9.97 Å². The van der Waals surface area contributed by atoms with E-state index in [0.29, 0.717) is 0 Å². The maximum atomic E-state index is 4.64. The zero-order chi connectivity index (χ0) is 11.4. The Balaban J connectivity index is 2.25. The van der Waals surface area contributed by atoms with Crippen molar-refractivity contribution in [1.29, 1.82) is 0 Å². The number of thioether (sulfide) groups is 1. The third-order valence-corrected chi connectivity index (χ3v) is 3.34. The fourth-order valence-corrected chi connectivity index (χ4v) is 2.45. The molecule has 3 nitrogen and oxygen atoms in total. The zero-order valence-corrected chi connectivity index (χ0v) is 10.9. The molecule has 0 aromatic carbocycles. The Morgan fingerprint density at radius 2 is 2.19 bits per heavy atom. The average molecular weight is 237 g/mol. The van der Waals surface area contributed by atoms with Crippen LogP contribution in [0.25, 0.3) is 0 Å². The fraction of sp³-hybridized carbons (Fsp3) is 0.667. The molecule has 16 heavy (non-hydrogen) atoms. The van der Waals surface area contributed by atoms with Crippen molar-refractivity contribution in [3.05, 3.63) is 17.1 Å².